The number of hydrogen-bond acceptors (Lipinski definition) is 2. The van der Waals surface area contributed by atoms with Crippen LogP contribution in [0.5, 0.6) is 0 Å². The van der Waals surface area contributed by atoms with Crippen LogP contribution in [-0.4, -0.2) is 42.7 Å². The highest BCUT2D eigenvalue weighted by atomic mass is 19.4. The average molecular weight is 264 g/mol. The van der Waals surface area contributed by atoms with Crippen LogP contribution in [-0.2, 0) is 4.79 Å². The second-order valence-electron chi connectivity index (χ2n) is 5.14. The Morgan fingerprint density at radius 3 is 2.28 bits per heavy atom. The van der Waals surface area contributed by atoms with E-state index in [1.54, 1.807) is 4.90 Å². The van der Waals surface area contributed by atoms with Gasteiger partial charge in [0.1, 0.15) is 0 Å². The average Bonchev–Trinajstić information content (AvgIpc) is 2.38. The lowest BCUT2D eigenvalue weighted by Crippen LogP contribution is -2.51. The van der Waals surface area contributed by atoms with Gasteiger partial charge in [0.15, 0.2) is 0 Å². The molecule has 6 heteroatoms. The molecule has 1 N–H and O–H groups in total. The monoisotopic (exact) mass is 264 g/mol. The summed E-state index contributed by atoms with van der Waals surface area (Å²) in [6.45, 7) is 1.30. The van der Waals surface area contributed by atoms with E-state index in [1.807, 2.05) is 0 Å². The predicted molar refractivity (Wildman–Crippen MR) is 61.0 cm³/mol. The van der Waals surface area contributed by atoms with E-state index in [0.717, 1.165) is 25.8 Å². The van der Waals surface area contributed by atoms with Gasteiger partial charge in [-0.3, -0.25) is 4.79 Å². The molecular weight excluding hydrogens is 245 g/mol. The second-order valence-corrected chi connectivity index (χ2v) is 5.14. The SMILES string of the molecule is O=C([C@@H]1CCCCN1)N1CCC(C(F)(F)F)CC1. The lowest BCUT2D eigenvalue weighted by molar-refractivity contribution is -0.186. The molecule has 104 valence electrons. The van der Waals surface area contributed by atoms with Crippen molar-refractivity contribution in [1.29, 1.82) is 0 Å². The number of carbonyl (C=O) groups excluding carboxylic acids is 1. The molecule has 2 rings (SSSR count). The van der Waals surface area contributed by atoms with Crippen molar-refractivity contribution in [1.82, 2.24) is 10.2 Å². The Morgan fingerprint density at radius 2 is 1.78 bits per heavy atom. The Bertz CT molecular complexity index is 292. The highest BCUT2D eigenvalue weighted by Gasteiger charge is 2.42. The van der Waals surface area contributed by atoms with Gasteiger partial charge in [-0.2, -0.15) is 13.2 Å². The van der Waals surface area contributed by atoms with Gasteiger partial charge in [-0.25, -0.2) is 0 Å². The van der Waals surface area contributed by atoms with Crippen LogP contribution in [0, 0.1) is 5.92 Å². The Kier molecular flexibility index (Phi) is 4.14. The molecule has 3 nitrogen and oxygen atoms in total. The fourth-order valence-corrected chi connectivity index (χ4v) is 2.71. The van der Waals surface area contributed by atoms with E-state index < -0.39 is 12.1 Å². The maximum absolute atomic E-state index is 12.5. The zero-order valence-corrected chi connectivity index (χ0v) is 10.3. The van der Waals surface area contributed by atoms with Crippen LogP contribution in [0.25, 0.3) is 0 Å². The zero-order valence-electron chi connectivity index (χ0n) is 10.3. The van der Waals surface area contributed by atoms with E-state index in [0.29, 0.717) is 0 Å². The first-order valence-corrected chi connectivity index (χ1v) is 6.57. The molecule has 0 radical (unpaired) electrons. The Balaban J connectivity index is 1.83. The van der Waals surface area contributed by atoms with E-state index in [2.05, 4.69) is 5.32 Å². The number of likely N-dealkylation sites (tertiary alicyclic amines) is 1. The molecule has 0 unspecified atom stereocenters. The summed E-state index contributed by atoms with van der Waals surface area (Å²) < 4.78 is 37.5. The fraction of sp³-hybridized carbons (Fsp3) is 0.917. The van der Waals surface area contributed by atoms with Gasteiger partial charge in [0.25, 0.3) is 0 Å². The fourth-order valence-electron chi connectivity index (χ4n) is 2.71. The van der Waals surface area contributed by atoms with Crippen LogP contribution >= 0.6 is 0 Å². The molecule has 18 heavy (non-hydrogen) atoms. The molecule has 2 saturated heterocycles. The molecule has 0 spiro atoms. The minimum absolute atomic E-state index is 0.0182. The lowest BCUT2D eigenvalue weighted by atomic mass is 9.95. The van der Waals surface area contributed by atoms with Crippen molar-refractivity contribution in [3.63, 3.8) is 0 Å². The molecule has 2 heterocycles. The first-order valence-electron chi connectivity index (χ1n) is 6.57. The molecule has 1 atom stereocenters. The molecular formula is C12H19F3N2O. The number of rotatable bonds is 1. The van der Waals surface area contributed by atoms with Gasteiger partial charge in [0, 0.05) is 13.1 Å². The standard InChI is InChI=1S/C12H19F3N2O/c13-12(14,15)9-4-7-17(8-5-9)11(18)10-3-1-2-6-16-10/h9-10,16H,1-8H2/t10-/m0/s1. The molecule has 0 aromatic heterocycles. The Labute approximate surface area is 105 Å². The molecule has 0 saturated carbocycles. The van der Waals surface area contributed by atoms with Crippen molar-refractivity contribution in [2.45, 2.75) is 44.3 Å². The number of carbonyl (C=O) groups is 1. The summed E-state index contributed by atoms with van der Waals surface area (Å²) in [6, 6.07) is -0.179. The molecule has 0 bridgehead atoms. The Hall–Kier alpha value is -0.780. The molecule has 0 aliphatic carbocycles. The number of piperidine rings is 2. The van der Waals surface area contributed by atoms with Crippen molar-refractivity contribution in [3.8, 4) is 0 Å². The van der Waals surface area contributed by atoms with Gasteiger partial charge >= 0.3 is 6.18 Å². The first-order chi connectivity index (χ1) is 8.48. The number of nitrogens with one attached hydrogen (secondary N) is 1. The van der Waals surface area contributed by atoms with Gasteiger partial charge < -0.3 is 10.2 Å². The number of halogens is 3. The van der Waals surface area contributed by atoms with Crippen LogP contribution < -0.4 is 5.32 Å². The minimum Gasteiger partial charge on any atom is -0.341 e. The van der Waals surface area contributed by atoms with Gasteiger partial charge in [0.05, 0.1) is 12.0 Å². The van der Waals surface area contributed by atoms with Gasteiger partial charge in [0.2, 0.25) is 5.91 Å². The van der Waals surface area contributed by atoms with Crippen molar-refractivity contribution >= 4 is 5.91 Å². The third-order valence-corrected chi connectivity index (χ3v) is 3.88. The third kappa shape index (κ3) is 3.16. The van der Waals surface area contributed by atoms with E-state index in [4.69, 9.17) is 0 Å². The summed E-state index contributed by atoms with van der Waals surface area (Å²) in [6.07, 6.45) is -1.14. The van der Waals surface area contributed by atoms with E-state index in [1.165, 1.54) is 0 Å². The molecule has 2 aliphatic heterocycles. The summed E-state index contributed by atoms with van der Waals surface area (Å²) in [5.74, 6) is -1.25. The number of hydrogen-bond donors (Lipinski definition) is 1. The maximum Gasteiger partial charge on any atom is 0.391 e. The van der Waals surface area contributed by atoms with Crippen LogP contribution in [0.3, 0.4) is 0 Å². The second kappa shape index (κ2) is 5.47. The number of nitrogens with zero attached hydrogens (tertiary/aromatic N) is 1. The van der Waals surface area contributed by atoms with Crippen molar-refractivity contribution in [2.24, 2.45) is 5.92 Å². The highest BCUT2D eigenvalue weighted by Crippen LogP contribution is 2.34. The quantitative estimate of drug-likeness (QED) is 0.785. The lowest BCUT2D eigenvalue weighted by Gasteiger charge is -2.36. The summed E-state index contributed by atoms with van der Waals surface area (Å²) in [7, 11) is 0. The molecule has 2 fully saturated rings. The third-order valence-electron chi connectivity index (χ3n) is 3.88. The summed E-state index contributed by atoms with van der Waals surface area (Å²) in [5.41, 5.74) is 0. The van der Waals surface area contributed by atoms with E-state index in [-0.39, 0.29) is 37.9 Å². The van der Waals surface area contributed by atoms with Crippen LogP contribution in [0.4, 0.5) is 13.2 Å². The van der Waals surface area contributed by atoms with Crippen molar-refractivity contribution < 1.29 is 18.0 Å². The molecule has 0 aromatic carbocycles. The topological polar surface area (TPSA) is 32.3 Å². The predicted octanol–water partition coefficient (Wildman–Crippen LogP) is 1.93. The summed E-state index contributed by atoms with van der Waals surface area (Å²) in [5, 5.41) is 3.14. The van der Waals surface area contributed by atoms with Crippen LogP contribution in [0.15, 0.2) is 0 Å². The largest absolute Gasteiger partial charge is 0.391 e. The van der Waals surface area contributed by atoms with Crippen molar-refractivity contribution in [2.75, 3.05) is 19.6 Å². The Morgan fingerprint density at radius 1 is 1.11 bits per heavy atom. The van der Waals surface area contributed by atoms with Gasteiger partial charge in [-0.1, -0.05) is 6.42 Å². The molecule has 2 aliphatic rings. The maximum atomic E-state index is 12.5. The molecule has 1 amide bonds. The van der Waals surface area contributed by atoms with E-state index in [9.17, 15) is 18.0 Å². The number of amides is 1. The molecule has 0 aromatic rings. The first kappa shape index (κ1) is 13.6. The zero-order chi connectivity index (χ0) is 13.2. The summed E-state index contributed by atoms with van der Waals surface area (Å²) in [4.78, 5) is 13.7. The van der Waals surface area contributed by atoms with Crippen LogP contribution in [0.1, 0.15) is 32.1 Å². The summed E-state index contributed by atoms with van der Waals surface area (Å²) >= 11 is 0. The normalized spacial score (nSPS) is 27.3. The van der Waals surface area contributed by atoms with Gasteiger partial charge in [-0.15, -0.1) is 0 Å². The van der Waals surface area contributed by atoms with Gasteiger partial charge in [-0.05, 0) is 32.2 Å². The van der Waals surface area contributed by atoms with Crippen molar-refractivity contribution in [3.05, 3.63) is 0 Å². The minimum atomic E-state index is -4.11. The number of alkyl halides is 3. The van der Waals surface area contributed by atoms with E-state index >= 15 is 0 Å². The van der Waals surface area contributed by atoms with Crippen LogP contribution in [0.2, 0.25) is 0 Å². The smallest absolute Gasteiger partial charge is 0.341 e. The highest BCUT2D eigenvalue weighted by molar-refractivity contribution is 5.82.